The lowest BCUT2D eigenvalue weighted by atomic mass is 9.99. The van der Waals surface area contributed by atoms with Crippen molar-refractivity contribution in [1.29, 1.82) is 0 Å². The van der Waals surface area contributed by atoms with Gasteiger partial charge in [0.25, 0.3) is 0 Å². The molecule has 2 aromatic rings. The summed E-state index contributed by atoms with van der Waals surface area (Å²) in [6.07, 6.45) is -6.08. The van der Waals surface area contributed by atoms with Crippen LogP contribution in [0.2, 0.25) is 5.02 Å². The summed E-state index contributed by atoms with van der Waals surface area (Å²) in [5, 5.41) is 10.2. The molecule has 112 valence electrons. The first-order valence-electron chi connectivity index (χ1n) is 5.70. The number of rotatable bonds is 2. The number of aliphatic hydroxyl groups excluding tert-OH is 1. The molecular weight excluding hydrogens is 376 g/mol. The second kappa shape index (κ2) is 5.94. The van der Waals surface area contributed by atoms with E-state index < -0.39 is 23.7 Å². The SMILES string of the molecule is OC(c1cccc(C(F)(F)F)c1)c1cc(Cl)c(Br)cc1F. The van der Waals surface area contributed by atoms with Crippen LogP contribution < -0.4 is 0 Å². The standard InChI is InChI=1S/C14H8BrClF4O/c15-10-6-12(17)9(5-11(10)16)13(21)7-2-1-3-8(4-7)14(18,19)20/h1-6,13,21H. The van der Waals surface area contributed by atoms with Crippen molar-refractivity contribution in [3.05, 3.63) is 68.4 Å². The minimum atomic E-state index is -4.54. The van der Waals surface area contributed by atoms with Gasteiger partial charge in [-0.25, -0.2) is 4.39 Å². The minimum Gasteiger partial charge on any atom is -0.384 e. The van der Waals surface area contributed by atoms with E-state index >= 15 is 0 Å². The maximum absolute atomic E-state index is 13.8. The molecule has 0 heterocycles. The summed E-state index contributed by atoms with van der Waals surface area (Å²) >= 11 is 8.84. The van der Waals surface area contributed by atoms with Crippen molar-refractivity contribution in [3.63, 3.8) is 0 Å². The lowest BCUT2D eigenvalue weighted by Crippen LogP contribution is -2.08. The Balaban J connectivity index is 2.45. The van der Waals surface area contributed by atoms with Crippen molar-refractivity contribution < 1.29 is 22.7 Å². The lowest BCUT2D eigenvalue weighted by Gasteiger charge is -2.15. The van der Waals surface area contributed by atoms with Gasteiger partial charge in [0.2, 0.25) is 0 Å². The Kier molecular flexibility index (Phi) is 4.60. The molecule has 0 aliphatic heterocycles. The molecule has 1 nitrogen and oxygen atoms in total. The van der Waals surface area contributed by atoms with Crippen LogP contribution in [-0.2, 0) is 6.18 Å². The van der Waals surface area contributed by atoms with Gasteiger partial charge in [-0.1, -0.05) is 23.7 Å². The van der Waals surface area contributed by atoms with Crippen LogP contribution in [0.4, 0.5) is 17.6 Å². The topological polar surface area (TPSA) is 20.2 Å². The monoisotopic (exact) mass is 382 g/mol. The van der Waals surface area contributed by atoms with Gasteiger partial charge in [-0.05, 0) is 45.8 Å². The molecule has 0 spiro atoms. The summed E-state index contributed by atoms with van der Waals surface area (Å²) in [6, 6.07) is 6.32. The molecule has 0 bridgehead atoms. The molecule has 21 heavy (non-hydrogen) atoms. The molecule has 0 aliphatic carbocycles. The van der Waals surface area contributed by atoms with E-state index in [0.29, 0.717) is 4.47 Å². The zero-order chi connectivity index (χ0) is 15.8. The molecule has 0 saturated heterocycles. The zero-order valence-electron chi connectivity index (χ0n) is 10.3. The average Bonchev–Trinajstić information content (AvgIpc) is 2.41. The predicted molar refractivity (Wildman–Crippen MR) is 74.6 cm³/mol. The molecule has 0 fully saturated rings. The minimum absolute atomic E-state index is 0.0675. The van der Waals surface area contributed by atoms with Crippen LogP contribution in [0.15, 0.2) is 40.9 Å². The molecule has 0 saturated carbocycles. The first-order chi connectivity index (χ1) is 9.70. The van der Waals surface area contributed by atoms with Gasteiger partial charge in [-0.15, -0.1) is 0 Å². The second-order valence-corrected chi connectivity index (χ2v) is 5.58. The highest BCUT2D eigenvalue weighted by Crippen LogP contribution is 2.34. The van der Waals surface area contributed by atoms with Crippen LogP contribution >= 0.6 is 27.5 Å². The van der Waals surface area contributed by atoms with E-state index in [1.165, 1.54) is 12.1 Å². The van der Waals surface area contributed by atoms with Crippen LogP contribution in [0.5, 0.6) is 0 Å². The van der Waals surface area contributed by atoms with E-state index in [9.17, 15) is 22.7 Å². The van der Waals surface area contributed by atoms with Crippen LogP contribution in [0.1, 0.15) is 22.8 Å². The zero-order valence-corrected chi connectivity index (χ0v) is 12.6. The molecule has 7 heteroatoms. The maximum atomic E-state index is 13.8. The van der Waals surface area contributed by atoms with Crippen molar-refractivity contribution >= 4 is 27.5 Å². The Morgan fingerprint density at radius 2 is 1.81 bits per heavy atom. The third-order valence-electron chi connectivity index (χ3n) is 2.86. The van der Waals surface area contributed by atoms with Crippen LogP contribution in [-0.4, -0.2) is 5.11 Å². The Labute approximate surface area is 131 Å². The van der Waals surface area contributed by atoms with Gasteiger partial charge in [0, 0.05) is 10.0 Å². The number of alkyl halides is 3. The predicted octanol–water partition coefficient (Wildman–Crippen LogP) is 5.34. The van der Waals surface area contributed by atoms with Crippen molar-refractivity contribution in [2.75, 3.05) is 0 Å². The number of hydrogen-bond donors (Lipinski definition) is 1. The Hall–Kier alpha value is -1.11. The molecule has 0 aliphatic rings. The Bertz CT molecular complexity index is 673. The van der Waals surface area contributed by atoms with Gasteiger partial charge in [-0.2, -0.15) is 13.2 Å². The van der Waals surface area contributed by atoms with Crippen LogP contribution in [0.3, 0.4) is 0 Å². The van der Waals surface area contributed by atoms with Gasteiger partial charge in [0.15, 0.2) is 0 Å². The first kappa shape index (κ1) is 16.3. The second-order valence-electron chi connectivity index (χ2n) is 4.31. The highest BCUT2D eigenvalue weighted by Gasteiger charge is 2.31. The van der Waals surface area contributed by atoms with E-state index in [-0.39, 0.29) is 16.1 Å². The van der Waals surface area contributed by atoms with Gasteiger partial charge in [-0.3, -0.25) is 0 Å². The summed E-state index contributed by atoms with van der Waals surface area (Å²) in [5.74, 6) is -0.767. The first-order valence-corrected chi connectivity index (χ1v) is 6.87. The number of benzene rings is 2. The highest BCUT2D eigenvalue weighted by atomic mass is 79.9. The smallest absolute Gasteiger partial charge is 0.384 e. The van der Waals surface area contributed by atoms with Gasteiger partial charge in [0.05, 0.1) is 10.6 Å². The maximum Gasteiger partial charge on any atom is 0.416 e. The van der Waals surface area contributed by atoms with Gasteiger partial charge in [0.1, 0.15) is 11.9 Å². The summed E-state index contributed by atoms with van der Waals surface area (Å²) in [7, 11) is 0. The molecule has 1 atom stereocenters. The third-order valence-corrected chi connectivity index (χ3v) is 4.06. The third kappa shape index (κ3) is 3.56. The molecule has 1 unspecified atom stereocenters. The molecule has 2 aromatic carbocycles. The molecule has 0 radical (unpaired) electrons. The van der Waals surface area contributed by atoms with Gasteiger partial charge < -0.3 is 5.11 Å². The van der Waals surface area contributed by atoms with Crippen LogP contribution in [0.25, 0.3) is 0 Å². The van der Waals surface area contributed by atoms with Crippen molar-refractivity contribution in [2.45, 2.75) is 12.3 Å². The van der Waals surface area contributed by atoms with E-state index in [1.54, 1.807) is 0 Å². The number of aliphatic hydroxyl groups is 1. The highest BCUT2D eigenvalue weighted by molar-refractivity contribution is 9.10. The summed E-state index contributed by atoms with van der Waals surface area (Å²) < 4.78 is 52.1. The fraction of sp³-hybridized carbons (Fsp3) is 0.143. The molecule has 0 aromatic heterocycles. The summed E-state index contributed by atoms with van der Waals surface area (Å²) in [4.78, 5) is 0. The Morgan fingerprint density at radius 1 is 1.14 bits per heavy atom. The van der Waals surface area contributed by atoms with Crippen molar-refractivity contribution in [3.8, 4) is 0 Å². The average molecular weight is 384 g/mol. The molecule has 0 amide bonds. The van der Waals surface area contributed by atoms with E-state index in [0.717, 1.165) is 24.3 Å². The lowest BCUT2D eigenvalue weighted by molar-refractivity contribution is -0.137. The van der Waals surface area contributed by atoms with E-state index in [4.69, 9.17) is 11.6 Å². The fourth-order valence-corrected chi connectivity index (χ4v) is 2.30. The van der Waals surface area contributed by atoms with Crippen molar-refractivity contribution in [1.82, 2.24) is 0 Å². The fourth-order valence-electron chi connectivity index (χ4n) is 1.81. The quantitative estimate of drug-likeness (QED) is 0.548. The summed E-state index contributed by atoms with van der Waals surface area (Å²) in [6.45, 7) is 0. The largest absolute Gasteiger partial charge is 0.416 e. The molecule has 1 N–H and O–H groups in total. The van der Waals surface area contributed by atoms with Gasteiger partial charge >= 0.3 is 6.18 Å². The Morgan fingerprint density at radius 3 is 2.43 bits per heavy atom. The normalized spacial score (nSPS) is 13.3. The number of hydrogen-bond acceptors (Lipinski definition) is 1. The molecule has 2 rings (SSSR count). The number of halogens is 6. The van der Waals surface area contributed by atoms with E-state index in [1.807, 2.05) is 0 Å². The van der Waals surface area contributed by atoms with Crippen molar-refractivity contribution in [2.24, 2.45) is 0 Å². The van der Waals surface area contributed by atoms with Crippen LogP contribution in [0, 0.1) is 5.82 Å². The van der Waals surface area contributed by atoms with E-state index in [2.05, 4.69) is 15.9 Å². The summed E-state index contributed by atoms with van der Waals surface area (Å²) in [5.41, 5.74) is -1.17. The molecular formula is C14H8BrClF4O.